The summed E-state index contributed by atoms with van der Waals surface area (Å²) in [5.41, 5.74) is 2.40. The van der Waals surface area contributed by atoms with Gasteiger partial charge in [-0.25, -0.2) is 0 Å². The molecule has 0 bridgehead atoms. The van der Waals surface area contributed by atoms with E-state index >= 15 is 0 Å². The first-order chi connectivity index (χ1) is 10.8. The van der Waals surface area contributed by atoms with Crippen molar-refractivity contribution in [3.05, 3.63) is 57.8 Å². The zero-order valence-corrected chi connectivity index (χ0v) is 16.7. The number of nitrogens with zero attached hydrogens (tertiary/aromatic N) is 1. The van der Waals surface area contributed by atoms with Crippen molar-refractivity contribution in [2.24, 2.45) is 4.99 Å². The molecule has 4 nitrogen and oxygen atoms in total. The Hall–Kier alpha value is -1.12. The number of hydrogen-bond acceptors (Lipinski definition) is 3. The maximum Gasteiger partial charge on any atom is 0.191 e. The summed E-state index contributed by atoms with van der Waals surface area (Å²) in [4.78, 5) is 5.64. The minimum absolute atomic E-state index is 0. The molecule has 1 heterocycles. The van der Waals surface area contributed by atoms with Crippen molar-refractivity contribution in [2.45, 2.75) is 19.6 Å². The van der Waals surface area contributed by atoms with Gasteiger partial charge in [-0.05, 0) is 29.0 Å². The number of rotatable bonds is 7. The Morgan fingerprint density at radius 3 is 2.70 bits per heavy atom. The second-order valence-corrected chi connectivity index (χ2v) is 5.97. The van der Waals surface area contributed by atoms with E-state index < -0.39 is 0 Å². The molecule has 23 heavy (non-hydrogen) atoms. The van der Waals surface area contributed by atoms with Crippen LogP contribution in [0.5, 0.6) is 0 Å². The van der Waals surface area contributed by atoms with E-state index in [2.05, 4.69) is 57.4 Å². The monoisotopic (exact) mass is 445 g/mol. The number of guanidine groups is 1. The van der Waals surface area contributed by atoms with E-state index in [9.17, 15) is 0 Å². The Balaban J connectivity index is 0.00000264. The van der Waals surface area contributed by atoms with E-state index in [-0.39, 0.29) is 24.0 Å². The lowest BCUT2D eigenvalue weighted by Crippen LogP contribution is -2.37. The minimum atomic E-state index is 0. The molecular weight excluding hydrogens is 421 g/mol. The third-order valence-electron chi connectivity index (χ3n) is 3.23. The molecule has 0 saturated carbocycles. The van der Waals surface area contributed by atoms with Gasteiger partial charge in [0, 0.05) is 32.1 Å². The number of nitrogens with one attached hydrogen (secondary N) is 2. The highest BCUT2D eigenvalue weighted by atomic mass is 127. The summed E-state index contributed by atoms with van der Waals surface area (Å²) in [7, 11) is 3.51. The number of benzene rings is 1. The molecule has 0 spiro atoms. The SMILES string of the molecule is CN=C(NCCc1cccs1)NCc1cccc(COC)c1.I. The standard InChI is InChI=1S/C17H23N3OS.HI/c1-18-17(19-9-8-16-7-4-10-22-16)20-12-14-5-3-6-15(11-14)13-21-2;/h3-7,10-11H,8-9,12-13H2,1-2H3,(H2,18,19,20);1H. The molecule has 0 amide bonds. The van der Waals surface area contributed by atoms with Crippen molar-refractivity contribution in [3.8, 4) is 0 Å². The van der Waals surface area contributed by atoms with Crippen molar-refractivity contribution >= 4 is 41.3 Å². The van der Waals surface area contributed by atoms with E-state index in [1.165, 1.54) is 16.0 Å². The normalized spacial score (nSPS) is 11.0. The zero-order valence-electron chi connectivity index (χ0n) is 13.5. The first-order valence-corrected chi connectivity index (χ1v) is 8.23. The molecule has 2 N–H and O–H groups in total. The minimum Gasteiger partial charge on any atom is -0.380 e. The molecule has 0 radical (unpaired) electrons. The molecule has 126 valence electrons. The summed E-state index contributed by atoms with van der Waals surface area (Å²) in [6, 6.07) is 12.6. The zero-order chi connectivity index (χ0) is 15.6. The highest BCUT2D eigenvalue weighted by Crippen LogP contribution is 2.08. The fraction of sp³-hybridized carbons (Fsp3) is 0.353. The first kappa shape index (κ1) is 19.9. The predicted octanol–water partition coefficient (Wildman–Crippen LogP) is 3.42. The van der Waals surface area contributed by atoms with Gasteiger partial charge in [0.15, 0.2) is 5.96 Å². The number of thiophene rings is 1. The third-order valence-corrected chi connectivity index (χ3v) is 4.17. The molecule has 0 fully saturated rings. The van der Waals surface area contributed by atoms with Crippen LogP contribution in [0.25, 0.3) is 0 Å². The molecule has 0 unspecified atom stereocenters. The van der Waals surface area contributed by atoms with E-state index in [0.717, 1.165) is 25.5 Å². The molecule has 0 aliphatic rings. The second kappa shape index (κ2) is 11.4. The number of aliphatic imine (C=N–C) groups is 1. The van der Waals surface area contributed by atoms with Crippen molar-refractivity contribution in [3.63, 3.8) is 0 Å². The largest absolute Gasteiger partial charge is 0.380 e. The van der Waals surface area contributed by atoms with Gasteiger partial charge in [-0.1, -0.05) is 30.3 Å². The van der Waals surface area contributed by atoms with Crippen molar-refractivity contribution in [1.82, 2.24) is 10.6 Å². The fourth-order valence-electron chi connectivity index (χ4n) is 2.16. The highest BCUT2D eigenvalue weighted by Gasteiger charge is 2.00. The summed E-state index contributed by atoms with van der Waals surface area (Å²) >= 11 is 1.79. The number of ether oxygens (including phenoxy) is 1. The van der Waals surface area contributed by atoms with Crippen LogP contribution in [-0.4, -0.2) is 26.7 Å². The van der Waals surface area contributed by atoms with Gasteiger partial charge >= 0.3 is 0 Å². The van der Waals surface area contributed by atoms with Crippen LogP contribution in [0.15, 0.2) is 46.8 Å². The van der Waals surface area contributed by atoms with Gasteiger partial charge in [0.05, 0.1) is 6.61 Å². The molecule has 0 aliphatic carbocycles. The smallest absolute Gasteiger partial charge is 0.191 e. The third kappa shape index (κ3) is 7.32. The molecule has 2 rings (SSSR count). The van der Waals surface area contributed by atoms with Crippen LogP contribution in [0.2, 0.25) is 0 Å². The highest BCUT2D eigenvalue weighted by molar-refractivity contribution is 14.0. The van der Waals surface area contributed by atoms with Gasteiger partial charge in [-0.3, -0.25) is 4.99 Å². The van der Waals surface area contributed by atoms with E-state index in [1.54, 1.807) is 25.5 Å². The Bertz CT molecular complexity index is 587. The lowest BCUT2D eigenvalue weighted by molar-refractivity contribution is 0.185. The molecular formula is C17H24IN3OS. The molecule has 6 heteroatoms. The van der Waals surface area contributed by atoms with E-state index in [4.69, 9.17) is 4.74 Å². The molecule has 1 aromatic carbocycles. The van der Waals surface area contributed by atoms with E-state index in [1.807, 2.05) is 0 Å². The summed E-state index contributed by atoms with van der Waals surface area (Å²) in [5.74, 6) is 0.828. The molecule has 0 aliphatic heterocycles. The fourth-order valence-corrected chi connectivity index (χ4v) is 2.87. The summed E-state index contributed by atoms with van der Waals surface area (Å²) in [5, 5.41) is 8.78. The van der Waals surface area contributed by atoms with Crippen molar-refractivity contribution in [1.29, 1.82) is 0 Å². The first-order valence-electron chi connectivity index (χ1n) is 7.35. The molecule has 1 aromatic heterocycles. The Morgan fingerprint density at radius 1 is 1.17 bits per heavy atom. The predicted molar refractivity (Wildman–Crippen MR) is 109 cm³/mol. The van der Waals surface area contributed by atoms with Crippen LogP contribution in [-0.2, 0) is 24.3 Å². The number of halogens is 1. The Labute approximate surface area is 159 Å². The van der Waals surface area contributed by atoms with Crippen LogP contribution in [0.1, 0.15) is 16.0 Å². The summed E-state index contributed by atoms with van der Waals surface area (Å²) in [6.07, 6.45) is 1.02. The average molecular weight is 445 g/mol. The van der Waals surface area contributed by atoms with Crippen LogP contribution in [0, 0.1) is 0 Å². The quantitative estimate of drug-likeness (QED) is 0.390. The summed E-state index contributed by atoms with van der Waals surface area (Å²) < 4.78 is 5.16. The van der Waals surface area contributed by atoms with Crippen molar-refractivity contribution < 1.29 is 4.74 Å². The molecule has 2 aromatic rings. The maximum atomic E-state index is 5.16. The van der Waals surface area contributed by atoms with Crippen LogP contribution < -0.4 is 10.6 Å². The topological polar surface area (TPSA) is 45.7 Å². The Kier molecular flexibility index (Phi) is 9.89. The molecule has 0 atom stereocenters. The second-order valence-electron chi connectivity index (χ2n) is 4.93. The lowest BCUT2D eigenvalue weighted by atomic mass is 10.1. The van der Waals surface area contributed by atoms with Gasteiger partial charge < -0.3 is 15.4 Å². The van der Waals surface area contributed by atoms with Crippen molar-refractivity contribution in [2.75, 3.05) is 20.7 Å². The maximum absolute atomic E-state index is 5.16. The molecule has 0 saturated heterocycles. The van der Waals surface area contributed by atoms with Crippen LogP contribution >= 0.6 is 35.3 Å². The Morgan fingerprint density at radius 2 is 2.00 bits per heavy atom. The number of hydrogen-bond donors (Lipinski definition) is 2. The van der Waals surface area contributed by atoms with Crippen LogP contribution in [0.4, 0.5) is 0 Å². The summed E-state index contributed by atoms with van der Waals surface area (Å²) in [6.45, 7) is 2.27. The van der Waals surface area contributed by atoms with E-state index in [0.29, 0.717) is 6.61 Å². The number of methoxy groups -OCH3 is 1. The van der Waals surface area contributed by atoms with Gasteiger partial charge in [0.25, 0.3) is 0 Å². The van der Waals surface area contributed by atoms with Crippen LogP contribution in [0.3, 0.4) is 0 Å². The van der Waals surface area contributed by atoms with Gasteiger partial charge in [-0.15, -0.1) is 35.3 Å². The van der Waals surface area contributed by atoms with Gasteiger partial charge in [-0.2, -0.15) is 0 Å². The van der Waals surface area contributed by atoms with Gasteiger partial charge in [0.1, 0.15) is 0 Å². The van der Waals surface area contributed by atoms with Gasteiger partial charge in [0.2, 0.25) is 0 Å². The average Bonchev–Trinajstić information content (AvgIpc) is 3.05. The lowest BCUT2D eigenvalue weighted by Gasteiger charge is -2.12.